The third-order valence-corrected chi connectivity index (χ3v) is 4.83. The summed E-state index contributed by atoms with van der Waals surface area (Å²) in [6, 6.07) is 4.53. The second-order valence-electron chi connectivity index (χ2n) is 6.59. The highest BCUT2D eigenvalue weighted by Gasteiger charge is 2.17. The van der Waals surface area contributed by atoms with E-state index in [1.807, 2.05) is 0 Å². The zero-order valence-corrected chi connectivity index (χ0v) is 14.2. The molecule has 1 aromatic carbocycles. The summed E-state index contributed by atoms with van der Waals surface area (Å²) in [4.78, 5) is 10.8. The predicted octanol–water partition coefficient (Wildman–Crippen LogP) is 4.55. The van der Waals surface area contributed by atoms with E-state index in [2.05, 4.69) is 46.8 Å². The summed E-state index contributed by atoms with van der Waals surface area (Å²) in [5.74, 6) is 0.554. The van der Waals surface area contributed by atoms with Gasteiger partial charge in [-0.2, -0.15) is 11.8 Å². The lowest BCUT2D eigenvalue weighted by Gasteiger charge is -2.22. The molecule has 0 spiro atoms. The average molecular weight is 294 g/mol. The molecule has 2 nitrogen and oxygen atoms in total. The summed E-state index contributed by atoms with van der Waals surface area (Å²) in [5.41, 5.74) is 5.50. The first-order valence-corrected chi connectivity index (χ1v) is 8.19. The molecule has 0 fully saturated rings. The molecule has 0 saturated carbocycles. The summed E-state index contributed by atoms with van der Waals surface area (Å²) < 4.78 is 0. The molecule has 0 aliphatic rings. The van der Waals surface area contributed by atoms with Crippen LogP contribution in [-0.4, -0.2) is 16.8 Å². The van der Waals surface area contributed by atoms with Crippen LogP contribution in [-0.2, 0) is 16.0 Å². The van der Waals surface area contributed by atoms with E-state index in [-0.39, 0.29) is 11.3 Å². The summed E-state index contributed by atoms with van der Waals surface area (Å²) in [5, 5.41) is 8.90. The van der Waals surface area contributed by atoms with Crippen LogP contribution in [0.3, 0.4) is 0 Å². The standard InChI is InChI=1S/C17H26O2S/c1-11-7-14(17(4,5)6)8-12(2)15(11)10-20-9-13(3)16(18)19/h7-8,13H,9-10H2,1-6H3,(H,18,19). The zero-order chi connectivity index (χ0) is 15.5. The van der Waals surface area contributed by atoms with Crippen LogP contribution in [0, 0.1) is 19.8 Å². The fraction of sp³-hybridized carbons (Fsp3) is 0.588. The van der Waals surface area contributed by atoms with Gasteiger partial charge in [-0.25, -0.2) is 0 Å². The maximum atomic E-state index is 10.8. The fourth-order valence-electron chi connectivity index (χ4n) is 2.06. The van der Waals surface area contributed by atoms with E-state index in [0.29, 0.717) is 5.75 Å². The number of carboxylic acid groups (broad SMARTS) is 1. The summed E-state index contributed by atoms with van der Waals surface area (Å²) in [6.07, 6.45) is 0. The van der Waals surface area contributed by atoms with Gasteiger partial charge in [0.05, 0.1) is 5.92 Å². The summed E-state index contributed by atoms with van der Waals surface area (Å²) in [6.45, 7) is 12.7. The van der Waals surface area contributed by atoms with Crippen molar-refractivity contribution in [2.75, 3.05) is 5.75 Å². The van der Waals surface area contributed by atoms with Crippen LogP contribution in [0.15, 0.2) is 12.1 Å². The molecule has 0 amide bonds. The number of hydrogen-bond donors (Lipinski definition) is 1. The molecule has 0 heterocycles. The van der Waals surface area contributed by atoms with E-state index in [1.165, 1.54) is 22.3 Å². The lowest BCUT2D eigenvalue weighted by Crippen LogP contribution is -2.13. The molecule has 0 aromatic heterocycles. The Bertz CT molecular complexity index is 463. The molecule has 1 unspecified atom stereocenters. The number of carbonyl (C=O) groups is 1. The van der Waals surface area contributed by atoms with Gasteiger partial charge in [-0.1, -0.05) is 39.8 Å². The first-order chi connectivity index (χ1) is 9.12. The van der Waals surface area contributed by atoms with Crippen molar-refractivity contribution in [3.63, 3.8) is 0 Å². The Hall–Kier alpha value is -0.960. The monoisotopic (exact) mass is 294 g/mol. The molecule has 3 heteroatoms. The van der Waals surface area contributed by atoms with Crippen LogP contribution in [0.5, 0.6) is 0 Å². The minimum absolute atomic E-state index is 0.166. The van der Waals surface area contributed by atoms with E-state index in [0.717, 1.165) is 5.75 Å². The largest absolute Gasteiger partial charge is 0.481 e. The third-order valence-electron chi connectivity index (χ3n) is 3.60. The van der Waals surface area contributed by atoms with Gasteiger partial charge in [0, 0.05) is 11.5 Å². The molecule has 0 bridgehead atoms. The van der Waals surface area contributed by atoms with E-state index >= 15 is 0 Å². The van der Waals surface area contributed by atoms with Gasteiger partial charge < -0.3 is 5.11 Å². The van der Waals surface area contributed by atoms with Crippen LogP contribution in [0.4, 0.5) is 0 Å². The number of aryl methyl sites for hydroxylation is 2. The highest BCUT2D eigenvalue weighted by atomic mass is 32.2. The smallest absolute Gasteiger partial charge is 0.307 e. The molecule has 1 rings (SSSR count). The molecule has 0 saturated heterocycles. The molecule has 112 valence electrons. The average Bonchev–Trinajstić information content (AvgIpc) is 2.30. The Kier molecular flexibility index (Phi) is 5.69. The van der Waals surface area contributed by atoms with Gasteiger partial charge in [-0.05, 0) is 41.5 Å². The lowest BCUT2D eigenvalue weighted by molar-refractivity contribution is -0.140. The highest BCUT2D eigenvalue weighted by molar-refractivity contribution is 7.98. The second-order valence-corrected chi connectivity index (χ2v) is 7.62. The molecule has 1 aromatic rings. The van der Waals surface area contributed by atoms with Crippen molar-refractivity contribution in [3.05, 3.63) is 34.4 Å². The Morgan fingerprint density at radius 2 is 1.75 bits per heavy atom. The van der Waals surface area contributed by atoms with Crippen LogP contribution in [0.2, 0.25) is 0 Å². The van der Waals surface area contributed by atoms with Gasteiger partial charge in [0.15, 0.2) is 0 Å². The van der Waals surface area contributed by atoms with Crippen molar-refractivity contribution in [2.45, 2.75) is 52.7 Å². The van der Waals surface area contributed by atoms with Crippen LogP contribution < -0.4 is 0 Å². The number of carboxylic acids is 1. The first-order valence-electron chi connectivity index (χ1n) is 7.04. The minimum atomic E-state index is -0.714. The molecule has 1 atom stereocenters. The first kappa shape index (κ1) is 17.1. The van der Waals surface area contributed by atoms with Crippen molar-refractivity contribution in [3.8, 4) is 0 Å². The molecule has 1 N–H and O–H groups in total. The van der Waals surface area contributed by atoms with Crippen molar-refractivity contribution in [1.29, 1.82) is 0 Å². The Morgan fingerprint density at radius 1 is 1.25 bits per heavy atom. The molecular formula is C17H26O2S. The van der Waals surface area contributed by atoms with E-state index in [1.54, 1.807) is 18.7 Å². The topological polar surface area (TPSA) is 37.3 Å². The number of aliphatic carboxylic acids is 1. The number of thioether (sulfide) groups is 1. The molecule has 20 heavy (non-hydrogen) atoms. The maximum absolute atomic E-state index is 10.8. The van der Waals surface area contributed by atoms with E-state index in [4.69, 9.17) is 5.11 Å². The SMILES string of the molecule is Cc1cc(C(C)(C)C)cc(C)c1CSCC(C)C(=O)O. The summed E-state index contributed by atoms with van der Waals surface area (Å²) >= 11 is 1.70. The van der Waals surface area contributed by atoms with E-state index < -0.39 is 5.97 Å². The van der Waals surface area contributed by atoms with Gasteiger partial charge in [0.1, 0.15) is 0 Å². The zero-order valence-electron chi connectivity index (χ0n) is 13.4. The number of hydrogen-bond acceptors (Lipinski definition) is 2. The third kappa shape index (κ3) is 4.55. The Morgan fingerprint density at radius 3 is 2.15 bits per heavy atom. The molecule has 0 radical (unpaired) electrons. The van der Waals surface area contributed by atoms with Gasteiger partial charge in [0.2, 0.25) is 0 Å². The Labute approximate surface area is 127 Å². The van der Waals surface area contributed by atoms with Crippen LogP contribution in [0.1, 0.15) is 49.9 Å². The molecular weight excluding hydrogens is 268 g/mol. The fourth-order valence-corrected chi connectivity index (χ4v) is 3.34. The molecule has 0 aliphatic heterocycles. The normalized spacial score (nSPS) is 13.3. The van der Waals surface area contributed by atoms with Gasteiger partial charge in [-0.15, -0.1) is 0 Å². The number of benzene rings is 1. The predicted molar refractivity (Wildman–Crippen MR) is 87.6 cm³/mol. The highest BCUT2D eigenvalue weighted by Crippen LogP contribution is 2.29. The van der Waals surface area contributed by atoms with Crippen molar-refractivity contribution < 1.29 is 9.90 Å². The Balaban J connectivity index is 2.80. The van der Waals surface area contributed by atoms with Crippen LogP contribution >= 0.6 is 11.8 Å². The maximum Gasteiger partial charge on any atom is 0.307 e. The second kappa shape index (κ2) is 6.66. The van der Waals surface area contributed by atoms with Gasteiger partial charge in [-0.3, -0.25) is 4.79 Å². The minimum Gasteiger partial charge on any atom is -0.481 e. The lowest BCUT2D eigenvalue weighted by atomic mass is 9.84. The van der Waals surface area contributed by atoms with Crippen molar-refractivity contribution in [1.82, 2.24) is 0 Å². The summed E-state index contributed by atoms with van der Waals surface area (Å²) in [7, 11) is 0. The quantitative estimate of drug-likeness (QED) is 0.865. The molecule has 0 aliphatic carbocycles. The van der Waals surface area contributed by atoms with Crippen molar-refractivity contribution in [2.24, 2.45) is 5.92 Å². The van der Waals surface area contributed by atoms with Gasteiger partial charge >= 0.3 is 5.97 Å². The number of rotatable bonds is 5. The van der Waals surface area contributed by atoms with Gasteiger partial charge in [0.25, 0.3) is 0 Å². The van der Waals surface area contributed by atoms with E-state index in [9.17, 15) is 4.79 Å². The van der Waals surface area contributed by atoms with Crippen molar-refractivity contribution >= 4 is 17.7 Å². The van der Waals surface area contributed by atoms with Crippen LogP contribution in [0.25, 0.3) is 0 Å².